The third-order valence-corrected chi connectivity index (χ3v) is 5.94. The highest BCUT2D eigenvalue weighted by Gasteiger charge is 2.34. The van der Waals surface area contributed by atoms with Gasteiger partial charge in [0.25, 0.3) is 0 Å². The molecule has 10 nitrogen and oxygen atoms in total. The van der Waals surface area contributed by atoms with Gasteiger partial charge in [-0.1, -0.05) is 5.21 Å². The van der Waals surface area contributed by atoms with Crippen LogP contribution in [0.15, 0.2) is 0 Å². The van der Waals surface area contributed by atoms with Crippen molar-refractivity contribution >= 4 is 23.3 Å². The molecule has 0 atom stereocenters. The van der Waals surface area contributed by atoms with Crippen molar-refractivity contribution in [1.29, 1.82) is 0 Å². The highest BCUT2D eigenvalue weighted by Crippen LogP contribution is 2.16. The molecule has 0 radical (unpaired) electrons. The Labute approximate surface area is 161 Å². The average molecular weight is 403 g/mol. The Bertz CT molecular complexity index is 666. The van der Waals surface area contributed by atoms with Gasteiger partial charge in [0.05, 0.1) is 57.1 Å². The maximum Gasteiger partial charge on any atom is 0.166 e. The Kier molecular flexibility index (Phi) is 9.13. The lowest BCUT2D eigenvalue weighted by molar-refractivity contribution is 0.0142. The van der Waals surface area contributed by atoms with Crippen LogP contribution in [0.5, 0.6) is 0 Å². The first kappa shape index (κ1) is 22.2. The summed E-state index contributed by atoms with van der Waals surface area (Å²) in [4.78, 5) is 2.07. The molecule has 1 aromatic rings. The maximum absolute atomic E-state index is 11.5. The predicted octanol–water partition coefficient (Wildman–Crippen LogP) is -3.23. The zero-order chi connectivity index (χ0) is 19.7. The first-order valence-corrected chi connectivity index (χ1v) is 11.1. The molecule has 1 saturated heterocycles. The lowest BCUT2D eigenvalue weighted by Gasteiger charge is -2.37. The van der Waals surface area contributed by atoms with Gasteiger partial charge in [0.15, 0.2) is 17.7 Å². The third-order valence-electron chi connectivity index (χ3n) is 4.43. The molecule has 0 bridgehead atoms. The second-order valence-corrected chi connectivity index (χ2v) is 8.94. The Morgan fingerprint density at radius 1 is 1.11 bits per heavy atom. The van der Waals surface area contributed by atoms with E-state index in [0.29, 0.717) is 72.4 Å². The minimum absolute atomic E-state index is 0.254. The number of nitrogens with zero attached hydrogens (tertiary/aromatic N) is 4. The van der Waals surface area contributed by atoms with E-state index < -0.39 is 9.84 Å². The van der Waals surface area contributed by atoms with E-state index in [0.717, 1.165) is 11.3 Å². The highest BCUT2D eigenvalue weighted by molar-refractivity contribution is 7.91. The molecule has 12 heteroatoms. The molecule has 1 aromatic heterocycles. The molecule has 0 aliphatic carbocycles. The summed E-state index contributed by atoms with van der Waals surface area (Å²) in [5.74, 6) is 0. The number of ether oxygens (including phenoxy) is 3. The van der Waals surface area contributed by atoms with Gasteiger partial charge in [-0.15, -0.1) is 5.10 Å². The fraction of sp³-hybridized carbons (Fsp3) is 0.867. The van der Waals surface area contributed by atoms with Crippen LogP contribution in [-0.4, -0.2) is 107 Å². The molecule has 1 aliphatic heterocycles. The molecule has 0 unspecified atom stereocenters. The first-order valence-electron chi connectivity index (χ1n) is 9.15. The molecule has 154 valence electrons. The Hall–Kier alpha value is -1.05. The summed E-state index contributed by atoms with van der Waals surface area (Å²) in [6.45, 7) is 6.06. The summed E-state index contributed by atoms with van der Waals surface area (Å²) in [7, 11) is -0.980. The van der Waals surface area contributed by atoms with E-state index in [4.69, 9.17) is 19.9 Å². The molecule has 2 rings (SSSR count). The number of sulfone groups is 1. The van der Waals surface area contributed by atoms with E-state index in [1.165, 1.54) is 6.26 Å². The lowest BCUT2D eigenvalue weighted by Crippen LogP contribution is -2.54. The molecular weight excluding hydrogens is 373 g/mol. The molecule has 0 saturated carbocycles. The van der Waals surface area contributed by atoms with Crippen LogP contribution in [0.3, 0.4) is 0 Å². The van der Waals surface area contributed by atoms with Gasteiger partial charge in [-0.05, 0) is 0 Å². The van der Waals surface area contributed by atoms with Gasteiger partial charge in [-0.3, -0.25) is 9.58 Å². The molecule has 2 N–H and O–H groups in total. The molecule has 27 heavy (non-hydrogen) atoms. The van der Waals surface area contributed by atoms with Crippen molar-refractivity contribution < 1.29 is 22.6 Å². The van der Waals surface area contributed by atoms with Crippen LogP contribution in [0.2, 0.25) is 0 Å². The van der Waals surface area contributed by atoms with Crippen LogP contribution in [0.4, 0.5) is 0 Å². The van der Waals surface area contributed by atoms with E-state index in [2.05, 4.69) is 15.2 Å². The second kappa shape index (κ2) is 11.1. The maximum atomic E-state index is 11.5. The van der Waals surface area contributed by atoms with Crippen molar-refractivity contribution in [3.8, 4) is 0 Å². The summed E-state index contributed by atoms with van der Waals surface area (Å²) in [6.07, 6.45) is 1.29. The molecule has 1 aliphatic rings. The Balaban J connectivity index is 1.57. The van der Waals surface area contributed by atoms with E-state index in [1.807, 2.05) is 12.5 Å². The van der Waals surface area contributed by atoms with Crippen molar-refractivity contribution in [2.24, 2.45) is 5.73 Å². The van der Waals surface area contributed by atoms with Crippen LogP contribution < -0.4 is 11.3 Å². The largest absolute Gasteiger partial charge is 0.378 e. The minimum atomic E-state index is -2.95. The van der Waals surface area contributed by atoms with E-state index in [9.17, 15) is 8.42 Å². The van der Waals surface area contributed by atoms with Gasteiger partial charge in [0.1, 0.15) is 0 Å². The van der Waals surface area contributed by atoms with Gasteiger partial charge in [-0.25, -0.2) is 8.42 Å². The number of aromatic nitrogens is 3. The zero-order valence-corrected chi connectivity index (χ0v) is 17.0. The number of likely N-dealkylation sites (tertiary alicyclic amines) is 1. The normalized spacial score (nSPS) is 15.9. The number of nitrogens with two attached hydrogens (primary N) is 1. The minimum Gasteiger partial charge on any atom is -0.378 e. The third kappa shape index (κ3) is 7.47. The predicted molar refractivity (Wildman–Crippen MR) is 104 cm³/mol. The summed E-state index contributed by atoms with van der Waals surface area (Å²) in [6, 6.07) is 0. The first-order chi connectivity index (χ1) is 12.9. The van der Waals surface area contributed by atoms with E-state index in [1.54, 1.807) is 0 Å². The Morgan fingerprint density at radius 3 is 2.30 bits per heavy atom. The molecular formula is C15H30BN5O5S. The molecule has 0 spiro atoms. The van der Waals surface area contributed by atoms with Crippen LogP contribution in [0, 0.1) is 0 Å². The SMILES string of the molecule is Bc1c(CN2CC(S(C)(=O)=O)C2)nnn1CCOCCOCCOCCN. The van der Waals surface area contributed by atoms with Gasteiger partial charge < -0.3 is 19.9 Å². The zero-order valence-electron chi connectivity index (χ0n) is 16.2. The van der Waals surface area contributed by atoms with Crippen molar-refractivity contribution in [2.75, 3.05) is 65.5 Å². The Morgan fingerprint density at radius 2 is 1.70 bits per heavy atom. The number of hydrogen-bond acceptors (Lipinski definition) is 9. The molecule has 0 amide bonds. The lowest BCUT2D eigenvalue weighted by atomic mass is 10.0. The van der Waals surface area contributed by atoms with Crippen LogP contribution in [-0.2, 0) is 37.1 Å². The van der Waals surface area contributed by atoms with Crippen LogP contribution in [0.25, 0.3) is 0 Å². The molecule has 0 aromatic carbocycles. The van der Waals surface area contributed by atoms with Crippen molar-refractivity contribution in [3.05, 3.63) is 5.69 Å². The van der Waals surface area contributed by atoms with Gasteiger partial charge in [-0.2, -0.15) is 0 Å². The summed E-state index contributed by atoms with van der Waals surface area (Å²) >= 11 is 0. The number of rotatable bonds is 14. The average Bonchev–Trinajstić information content (AvgIpc) is 2.91. The topological polar surface area (TPSA) is 122 Å². The molecule has 2 heterocycles. The van der Waals surface area contributed by atoms with Crippen LogP contribution in [0.1, 0.15) is 5.69 Å². The standard InChI is InChI=1S/C15H30BN5O5S/c1-27(22,23)13-10-20(11-13)12-14-15(16)21(19-18-14)3-5-25-7-9-26-8-6-24-4-2-17/h13H,2-12,16-17H2,1H3. The summed E-state index contributed by atoms with van der Waals surface area (Å²) in [5, 5.41) is 8.11. The summed E-state index contributed by atoms with van der Waals surface area (Å²) < 4.78 is 40.9. The van der Waals surface area contributed by atoms with Gasteiger partial charge >= 0.3 is 0 Å². The van der Waals surface area contributed by atoms with E-state index >= 15 is 0 Å². The van der Waals surface area contributed by atoms with Crippen LogP contribution >= 0.6 is 0 Å². The monoisotopic (exact) mass is 403 g/mol. The molecule has 1 fully saturated rings. The van der Waals surface area contributed by atoms with Crippen molar-refractivity contribution in [3.63, 3.8) is 0 Å². The fourth-order valence-electron chi connectivity index (χ4n) is 2.67. The van der Waals surface area contributed by atoms with Gasteiger partial charge in [0.2, 0.25) is 0 Å². The quantitative estimate of drug-likeness (QED) is 0.252. The summed E-state index contributed by atoms with van der Waals surface area (Å²) in [5.41, 5.74) is 7.18. The van der Waals surface area contributed by atoms with Gasteiger partial charge in [0, 0.05) is 38.0 Å². The van der Waals surface area contributed by atoms with Crippen molar-refractivity contribution in [1.82, 2.24) is 19.9 Å². The second-order valence-electron chi connectivity index (χ2n) is 6.62. The fourth-order valence-corrected chi connectivity index (χ4v) is 3.63. The smallest absolute Gasteiger partial charge is 0.166 e. The van der Waals surface area contributed by atoms with Crippen molar-refractivity contribution in [2.45, 2.75) is 18.3 Å². The number of hydrogen-bond donors (Lipinski definition) is 1. The van der Waals surface area contributed by atoms with E-state index in [-0.39, 0.29) is 5.25 Å². The highest BCUT2D eigenvalue weighted by atomic mass is 32.2.